The van der Waals surface area contributed by atoms with E-state index in [4.69, 9.17) is 16.3 Å². The molecule has 0 radical (unpaired) electrons. The van der Waals surface area contributed by atoms with Crippen LogP contribution < -0.4 is 14.4 Å². The summed E-state index contributed by atoms with van der Waals surface area (Å²) >= 11 is 6.26. The number of likely N-dealkylation sites (N-methyl/N-ethyl adjacent to an activating group) is 1. The monoisotopic (exact) mass is 651 g/mol. The van der Waals surface area contributed by atoms with Crippen LogP contribution in [0.4, 0.5) is 10.1 Å². The first-order chi connectivity index (χ1) is 21.6. The number of carbonyl (C=O) groups excluding carboxylic acids is 2. The normalized spacial score (nSPS) is 11.8. The fourth-order valence-electron chi connectivity index (χ4n) is 4.82. The fraction of sp³-hybridized carbons (Fsp3) is 0.235. The highest BCUT2D eigenvalue weighted by Crippen LogP contribution is 2.27. The van der Waals surface area contributed by atoms with Crippen LogP contribution >= 0.6 is 11.6 Å². The maximum absolute atomic E-state index is 14.4. The largest absolute Gasteiger partial charge is 0.494 e. The Kier molecular flexibility index (Phi) is 11.6. The lowest BCUT2D eigenvalue weighted by Gasteiger charge is -2.34. The molecule has 0 aliphatic carbocycles. The first kappa shape index (κ1) is 33.5. The molecule has 0 spiro atoms. The summed E-state index contributed by atoms with van der Waals surface area (Å²) in [7, 11) is -4.34. The van der Waals surface area contributed by atoms with E-state index in [2.05, 4.69) is 5.32 Å². The number of rotatable bonds is 14. The molecular formula is C34H35ClFN3O5S. The molecule has 8 nitrogen and oxygen atoms in total. The van der Waals surface area contributed by atoms with Gasteiger partial charge in [-0.25, -0.2) is 12.8 Å². The Balaban J connectivity index is 1.78. The van der Waals surface area contributed by atoms with Gasteiger partial charge in [-0.05, 0) is 85.6 Å². The van der Waals surface area contributed by atoms with E-state index in [0.29, 0.717) is 29.5 Å². The minimum atomic E-state index is -4.34. The Morgan fingerprint density at radius 1 is 0.889 bits per heavy atom. The summed E-state index contributed by atoms with van der Waals surface area (Å²) in [4.78, 5) is 29.2. The van der Waals surface area contributed by atoms with Crippen LogP contribution in [0.2, 0.25) is 5.02 Å². The van der Waals surface area contributed by atoms with Crippen molar-refractivity contribution >= 4 is 39.1 Å². The lowest BCUT2D eigenvalue weighted by Crippen LogP contribution is -2.53. The molecule has 4 aromatic rings. The summed E-state index contributed by atoms with van der Waals surface area (Å²) in [5.41, 5.74) is 1.55. The van der Waals surface area contributed by atoms with Gasteiger partial charge in [-0.2, -0.15) is 0 Å². The van der Waals surface area contributed by atoms with Crippen molar-refractivity contribution in [1.29, 1.82) is 0 Å². The van der Waals surface area contributed by atoms with Crippen LogP contribution in [0.15, 0.2) is 108 Å². The first-order valence-corrected chi connectivity index (χ1v) is 16.3. The van der Waals surface area contributed by atoms with Gasteiger partial charge in [0.15, 0.2) is 0 Å². The molecule has 2 amide bonds. The van der Waals surface area contributed by atoms with Gasteiger partial charge in [0.05, 0.1) is 17.2 Å². The predicted molar refractivity (Wildman–Crippen MR) is 173 cm³/mol. The van der Waals surface area contributed by atoms with Gasteiger partial charge >= 0.3 is 0 Å². The number of ether oxygens (including phenoxy) is 1. The maximum atomic E-state index is 14.4. The molecule has 0 saturated carbocycles. The van der Waals surface area contributed by atoms with Crippen LogP contribution in [0.3, 0.4) is 0 Å². The van der Waals surface area contributed by atoms with Crippen molar-refractivity contribution < 1.29 is 27.1 Å². The van der Waals surface area contributed by atoms with Crippen molar-refractivity contribution in [1.82, 2.24) is 10.2 Å². The van der Waals surface area contributed by atoms with E-state index in [1.54, 1.807) is 31.2 Å². The van der Waals surface area contributed by atoms with Crippen molar-refractivity contribution in [2.75, 3.05) is 24.0 Å². The second kappa shape index (κ2) is 15.5. The molecule has 4 rings (SSSR count). The number of anilines is 1. The zero-order chi connectivity index (χ0) is 32.4. The van der Waals surface area contributed by atoms with E-state index in [1.807, 2.05) is 37.3 Å². The molecule has 0 aromatic heterocycles. The van der Waals surface area contributed by atoms with Crippen LogP contribution in [0.5, 0.6) is 5.75 Å². The number of halogens is 2. The lowest BCUT2D eigenvalue weighted by atomic mass is 10.0. The third-order valence-electron chi connectivity index (χ3n) is 6.98. The molecule has 1 unspecified atom stereocenters. The molecule has 45 heavy (non-hydrogen) atoms. The Bertz CT molecular complexity index is 1690. The second-order valence-electron chi connectivity index (χ2n) is 10.1. The molecule has 236 valence electrons. The van der Waals surface area contributed by atoms with Gasteiger partial charge in [-0.1, -0.05) is 54.1 Å². The van der Waals surface area contributed by atoms with Gasteiger partial charge in [0.1, 0.15) is 24.2 Å². The molecule has 1 atom stereocenters. The summed E-state index contributed by atoms with van der Waals surface area (Å²) in [6.45, 7) is 3.65. The smallest absolute Gasteiger partial charge is 0.264 e. The van der Waals surface area contributed by atoms with Crippen LogP contribution in [-0.2, 0) is 32.6 Å². The van der Waals surface area contributed by atoms with Crippen LogP contribution in [0, 0.1) is 5.82 Å². The number of hydrogen-bond acceptors (Lipinski definition) is 5. The molecule has 0 bridgehead atoms. The number of nitrogens with zero attached hydrogens (tertiary/aromatic N) is 2. The highest BCUT2D eigenvalue weighted by Gasteiger charge is 2.34. The maximum Gasteiger partial charge on any atom is 0.264 e. The van der Waals surface area contributed by atoms with E-state index in [-0.39, 0.29) is 29.5 Å². The third-order valence-corrected chi connectivity index (χ3v) is 9.00. The zero-order valence-corrected chi connectivity index (χ0v) is 26.6. The average molecular weight is 652 g/mol. The summed E-state index contributed by atoms with van der Waals surface area (Å²) in [6.07, 6.45) is 0.182. The number of hydrogen-bond donors (Lipinski definition) is 1. The second-order valence-corrected chi connectivity index (χ2v) is 12.4. The minimum Gasteiger partial charge on any atom is -0.494 e. The van der Waals surface area contributed by atoms with E-state index in [1.165, 1.54) is 41.3 Å². The molecule has 0 heterocycles. The average Bonchev–Trinajstić information content (AvgIpc) is 3.03. The van der Waals surface area contributed by atoms with Crippen LogP contribution in [0.25, 0.3) is 0 Å². The summed E-state index contributed by atoms with van der Waals surface area (Å²) in [6, 6.07) is 25.8. The molecule has 1 N–H and O–H groups in total. The molecule has 11 heteroatoms. The van der Waals surface area contributed by atoms with Crippen molar-refractivity contribution in [3.05, 3.63) is 125 Å². The van der Waals surface area contributed by atoms with Crippen molar-refractivity contribution in [2.45, 2.75) is 37.8 Å². The van der Waals surface area contributed by atoms with E-state index >= 15 is 0 Å². The number of benzene rings is 4. The molecule has 0 aliphatic rings. The Hall–Kier alpha value is -4.41. The molecule has 0 aliphatic heterocycles. The molecule has 0 saturated heterocycles. The fourth-order valence-corrected chi connectivity index (χ4v) is 6.44. The van der Waals surface area contributed by atoms with Gasteiger partial charge in [0.25, 0.3) is 10.0 Å². The quantitative estimate of drug-likeness (QED) is 0.185. The van der Waals surface area contributed by atoms with Gasteiger partial charge in [0, 0.05) is 24.5 Å². The number of carbonyl (C=O) groups is 2. The summed E-state index contributed by atoms with van der Waals surface area (Å²) in [5, 5.41) is 3.26. The van der Waals surface area contributed by atoms with Crippen LogP contribution in [-0.4, -0.2) is 50.9 Å². The standard InChI is InChI=1S/C34H35ClFN3O5S/c1-3-37-34(41)32(22-25-9-6-5-7-10-25)38(23-26-11-8-12-27(35)21-26)33(40)24-39(29-15-13-28(36)14-16-29)45(42,43)31-19-17-30(18-20-31)44-4-2/h5-21,32H,3-4,22-24H2,1-2H3,(H,37,41). The number of sulfonamides is 1. The van der Waals surface area contributed by atoms with Gasteiger partial charge in [-0.3, -0.25) is 13.9 Å². The van der Waals surface area contributed by atoms with E-state index in [0.717, 1.165) is 22.0 Å². The van der Waals surface area contributed by atoms with Crippen LogP contribution in [0.1, 0.15) is 25.0 Å². The van der Waals surface area contributed by atoms with Crippen molar-refractivity contribution in [3.63, 3.8) is 0 Å². The predicted octanol–water partition coefficient (Wildman–Crippen LogP) is 5.85. The molecule has 4 aromatic carbocycles. The minimum absolute atomic E-state index is 0.0195. The SMILES string of the molecule is CCNC(=O)C(Cc1ccccc1)N(Cc1cccc(Cl)c1)C(=O)CN(c1ccc(F)cc1)S(=O)(=O)c1ccc(OCC)cc1. The first-order valence-electron chi connectivity index (χ1n) is 14.5. The molecular weight excluding hydrogens is 617 g/mol. The Labute approximate surface area is 268 Å². The Morgan fingerprint density at radius 2 is 1.56 bits per heavy atom. The van der Waals surface area contributed by atoms with Gasteiger partial charge in [-0.15, -0.1) is 0 Å². The summed E-state index contributed by atoms with van der Waals surface area (Å²) in [5.74, 6) is -1.11. The third kappa shape index (κ3) is 8.83. The zero-order valence-electron chi connectivity index (χ0n) is 25.0. The molecule has 0 fully saturated rings. The lowest BCUT2D eigenvalue weighted by molar-refractivity contribution is -0.140. The van der Waals surface area contributed by atoms with Gasteiger partial charge in [0.2, 0.25) is 11.8 Å². The van der Waals surface area contributed by atoms with Crippen molar-refractivity contribution in [3.8, 4) is 5.75 Å². The van der Waals surface area contributed by atoms with E-state index in [9.17, 15) is 22.4 Å². The number of nitrogens with one attached hydrogen (secondary N) is 1. The number of amides is 2. The van der Waals surface area contributed by atoms with Gasteiger partial charge < -0.3 is 15.0 Å². The summed E-state index contributed by atoms with van der Waals surface area (Å²) < 4.78 is 48.4. The van der Waals surface area contributed by atoms with E-state index < -0.39 is 34.3 Å². The highest BCUT2D eigenvalue weighted by molar-refractivity contribution is 7.92. The highest BCUT2D eigenvalue weighted by atomic mass is 35.5. The topological polar surface area (TPSA) is 96.0 Å². The Morgan fingerprint density at radius 3 is 2.18 bits per heavy atom. The van der Waals surface area contributed by atoms with Crippen molar-refractivity contribution in [2.24, 2.45) is 0 Å².